The fraction of sp³-hybridized carbons (Fsp3) is 0.562. The molecule has 0 aromatic heterocycles. The van der Waals surface area contributed by atoms with Crippen LogP contribution in [0.4, 0.5) is 0 Å². The van der Waals surface area contributed by atoms with E-state index in [0.717, 1.165) is 24.9 Å². The number of hydrogen-bond donors (Lipinski definition) is 2. The quantitative estimate of drug-likeness (QED) is 0.760. The van der Waals surface area contributed by atoms with Gasteiger partial charge in [0.1, 0.15) is 0 Å². The molecule has 1 aromatic rings. The number of nitrogens with one attached hydrogen (secondary N) is 2. The van der Waals surface area contributed by atoms with Crippen molar-refractivity contribution in [3.05, 3.63) is 35.4 Å². The first kappa shape index (κ1) is 18.9. The molecule has 1 rings (SSSR count). The zero-order chi connectivity index (χ0) is 14.3. The summed E-state index contributed by atoms with van der Waals surface area (Å²) in [4.78, 5) is 11.9. The molecular weight excluding hydrogens is 272 g/mol. The van der Waals surface area contributed by atoms with Crippen LogP contribution < -0.4 is 10.6 Å². The topological polar surface area (TPSA) is 41.1 Å². The molecule has 0 heterocycles. The van der Waals surface area contributed by atoms with Crippen molar-refractivity contribution in [1.29, 1.82) is 0 Å². The molecule has 20 heavy (non-hydrogen) atoms. The van der Waals surface area contributed by atoms with Gasteiger partial charge in [0.25, 0.3) is 0 Å². The normalized spacial score (nSPS) is 10.8. The lowest BCUT2D eigenvalue weighted by Gasteiger charge is -2.27. The smallest absolute Gasteiger partial charge is 0.220 e. The van der Waals surface area contributed by atoms with Gasteiger partial charge in [-0.25, -0.2) is 0 Å². The Morgan fingerprint density at radius 2 is 1.80 bits per heavy atom. The second-order valence-electron chi connectivity index (χ2n) is 5.43. The van der Waals surface area contributed by atoms with Crippen molar-refractivity contribution in [2.24, 2.45) is 0 Å². The number of rotatable bonds is 7. The van der Waals surface area contributed by atoms with Gasteiger partial charge in [-0.2, -0.15) is 0 Å². The third-order valence-electron chi connectivity index (χ3n) is 3.37. The molecule has 3 nitrogen and oxygen atoms in total. The second kappa shape index (κ2) is 8.98. The molecule has 0 saturated carbocycles. The van der Waals surface area contributed by atoms with Gasteiger partial charge in [-0.15, -0.1) is 12.4 Å². The molecular formula is C16H27ClN2O. The summed E-state index contributed by atoms with van der Waals surface area (Å²) in [6.07, 6.45) is 2.47. The largest absolute Gasteiger partial charge is 0.347 e. The predicted molar refractivity (Wildman–Crippen MR) is 87.4 cm³/mol. The highest BCUT2D eigenvalue weighted by atomic mass is 35.5. The molecule has 0 radical (unpaired) electrons. The number of halogens is 1. The molecule has 0 fully saturated rings. The SMILES string of the molecule is CCc1ccc(C(C)(C)NC(=O)CCCNC)cc1.Cl. The van der Waals surface area contributed by atoms with Crippen LogP contribution in [0.3, 0.4) is 0 Å². The maximum absolute atomic E-state index is 11.9. The number of benzene rings is 1. The highest BCUT2D eigenvalue weighted by molar-refractivity contribution is 5.85. The number of carbonyl (C=O) groups excluding carboxylic acids is 1. The molecule has 0 unspecified atom stereocenters. The van der Waals surface area contributed by atoms with E-state index in [9.17, 15) is 4.79 Å². The van der Waals surface area contributed by atoms with Gasteiger partial charge in [-0.05, 0) is 51.4 Å². The molecule has 114 valence electrons. The van der Waals surface area contributed by atoms with Crippen molar-refractivity contribution in [2.75, 3.05) is 13.6 Å². The maximum Gasteiger partial charge on any atom is 0.220 e. The Morgan fingerprint density at radius 3 is 2.30 bits per heavy atom. The molecule has 4 heteroatoms. The summed E-state index contributed by atoms with van der Waals surface area (Å²) in [7, 11) is 1.90. The van der Waals surface area contributed by atoms with Crippen LogP contribution in [0.5, 0.6) is 0 Å². The summed E-state index contributed by atoms with van der Waals surface area (Å²) < 4.78 is 0. The minimum Gasteiger partial charge on any atom is -0.347 e. The van der Waals surface area contributed by atoms with Crippen LogP contribution in [-0.2, 0) is 16.8 Å². The summed E-state index contributed by atoms with van der Waals surface area (Å²) in [6.45, 7) is 7.11. The van der Waals surface area contributed by atoms with E-state index in [1.54, 1.807) is 0 Å². The third kappa shape index (κ3) is 5.93. The van der Waals surface area contributed by atoms with Gasteiger partial charge in [0.15, 0.2) is 0 Å². The lowest BCUT2D eigenvalue weighted by atomic mass is 9.93. The Balaban J connectivity index is 0.00000361. The standard InChI is InChI=1S/C16H26N2O.ClH/c1-5-13-8-10-14(11-9-13)16(2,3)18-15(19)7-6-12-17-4;/h8-11,17H,5-7,12H2,1-4H3,(H,18,19);1H. The Labute approximate surface area is 128 Å². The van der Waals surface area contributed by atoms with E-state index in [0.29, 0.717) is 6.42 Å². The monoisotopic (exact) mass is 298 g/mol. The summed E-state index contributed by atoms with van der Waals surface area (Å²) >= 11 is 0. The lowest BCUT2D eigenvalue weighted by Crippen LogP contribution is -2.41. The summed E-state index contributed by atoms with van der Waals surface area (Å²) in [5, 5.41) is 6.15. The average molecular weight is 299 g/mol. The average Bonchev–Trinajstić information content (AvgIpc) is 2.38. The van der Waals surface area contributed by atoms with E-state index >= 15 is 0 Å². The molecule has 1 aromatic carbocycles. The molecule has 1 amide bonds. The zero-order valence-corrected chi connectivity index (χ0v) is 13.8. The van der Waals surface area contributed by atoms with E-state index in [2.05, 4.69) is 41.8 Å². The van der Waals surface area contributed by atoms with Gasteiger partial charge in [0.2, 0.25) is 5.91 Å². The predicted octanol–water partition coefficient (Wildman–Crippen LogP) is 3.02. The molecule has 0 aliphatic carbocycles. The second-order valence-corrected chi connectivity index (χ2v) is 5.43. The van der Waals surface area contributed by atoms with Crippen LogP contribution in [0.25, 0.3) is 0 Å². The molecule has 0 aliphatic rings. The number of amides is 1. The Hall–Kier alpha value is -1.06. The fourth-order valence-electron chi connectivity index (χ4n) is 2.07. The molecule has 0 saturated heterocycles. The Morgan fingerprint density at radius 1 is 1.20 bits per heavy atom. The first-order valence-electron chi connectivity index (χ1n) is 7.04. The third-order valence-corrected chi connectivity index (χ3v) is 3.37. The van der Waals surface area contributed by atoms with Gasteiger partial charge in [0, 0.05) is 6.42 Å². The van der Waals surface area contributed by atoms with Crippen molar-refractivity contribution in [1.82, 2.24) is 10.6 Å². The maximum atomic E-state index is 11.9. The van der Waals surface area contributed by atoms with Crippen LogP contribution in [0.15, 0.2) is 24.3 Å². The van der Waals surface area contributed by atoms with Crippen molar-refractivity contribution in [3.63, 3.8) is 0 Å². The molecule has 0 aliphatic heterocycles. The van der Waals surface area contributed by atoms with E-state index in [4.69, 9.17) is 0 Å². The summed E-state index contributed by atoms with van der Waals surface area (Å²) in [5.74, 6) is 0.111. The van der Waals surface area contributed by atoms with Crippen molar-refractivity contribution in [3.8, 4) is 0 Å². The highest BCUT2D eigenvalue weighted by Crippen LogP contribution is 2.20. The van der Waals surface area contributed by atoms with Crippen molar-refractivity contribution < 1.29 is 4.79 Å². The van der Waals surface area contributed by atoms with Crippen LogP contribution in [0.2, 0.25) is 0 Å². The van der Waals surface area contributed by atoms with E-state index < -0.39 is 0 Å². The van der Waals surface area contributed by atoms with Gasteiger partial charge >= 0.3 is 0 Å². The first-order valence-corrected chi connectivity index (χ1v) is 7.04. The number of aryl methyl sites for hydroxylation is 1. The summed E-state index contributed by atoms with van der Waals surface area (Å²) in [6, 6.07) is 8.47. The molecule has 2 N–H and O–H groups in total. The molecule has 0 bridgehead atoms. The molecule has 0 atom stereocenters. The van der Waals surface area contributed by atoms with Crippen LogP contribution in [-0.4, -0.2) is 19.5 Å². The number of hydrogen-bond acceptors (Lipinski definition) is 2. The van der Waals surface area contributed by atoms with E-state index in [1.807, 2.05) is 20.9 Å². The van der Waals surface area contributed by atoms with Crippen LogP contribution >= 0.6 is 12.4 Å². The minimum absolute atomic E-state index is 0. The van der Waals surface area contributed by atoms with Gasteiger partial charge in [-0.1, -0.05) is 31.2 Å². The van der Waals surface area contributed by atoms with Crippen LogP contribution in [0, 0.1) is 0 Å². The van der Waals surface area contributed by atoms with E-state index in [-0.39, 0.29) is 23.9 Å². The van der Waals surface area contributed by atoms with Crippen molar-refractivity contribution in [2.45, 2.75) is 45.6 Å². The Bertz CT molecular complexity index is 401. The fourth-order valence-corrected chi connectivity index (χ4v) is 2.07. The van der Waals surface area contributed by atoms with Crippen LogP contribution in [0.1, 0.15) is 44.7 Å². The first-order chi connectivity index (χ1) is 8.99. The Kier molecular flexibility index (Phi) is 8.51. The lowest BCUT2D eigenvalue weighted by molar-refractivity contribution is -0.122. The van der Waals surface area contributed by atoms with Crippen molar-refractivity contribution >= 4 is 18.3 Å². The molecule has 0 spiro atoms. The van der Waals surface area contributed by atoms with Gasteiger partial charge < -0.3 is 10.6 Å². The summed E-state index contributed by atoms with van der Waals surface area (Å²) in [5.41, 5.74) is 2.15. The highest BCUT2D eigenvalue weighted by Gasteiger charge is 2.22. The van der Waals surface area contributed by atoms with E-state index in [1.165, 1.54) is 5.56 Å². The number of carbonyl (C=O) groups is 1. The zero-order valence-electron chi connectivity index (χ0n) is 13.0. The minimum atomic E-state index is -0.316. The van der Waals surface area contributed by atoms with Gasteiger partial charge in [-0.3, -0.25) is 4.79 Å². The van der Waals surface area contributed by atoms with Gasteiger partial charge in [0.05, 0.1) is 5.54 Å².